The molecule has 3 rings (SSSR count). The highest BCUT2D eigenvalue weighted by molar-refractivity contribution is 7.98. The normalized spacial score (nSPS) is 12.2. The lowest BCUT2D eigenvalue weighted by Gasteiger charge is -2.17. The van der Waals surface area contributed by atoms with Crippen LogP contribution in [0.1, 0.15) is 16.4 Å². The molecule has 3 nitrogen and oxygen atoms in total. The minimum Gasteiger partial charge on any atom is -0.252 e. The summed E-state index contributed by atoms with van der Waals surface area (Å²) in [5, 5.41) is 4.60. The van der Waals surface area contributed by atoms with Crippen LogP contribution >= 0.6 is 11.8 Å². The number of hydrogen-bond acceptors (Lipinski definition) is 3. The van der Waals surface area contributed by atoms with Crippen LogP contribution in [0.5, 0.6) is 0 Å². The van der Waals surface area contributed by atoms with Gasteiger partial charge in [-0.25, -0.2) is 4.98 Å². The van der Waals surface area contributed by atoms with Crippen LogP contribution in [0.25, 0.3) is 0 Å². The van der Waals surface area contributed by atoms with Crippen molar-refractivity contribution in [1.82, 2.24) is 14.8 Å². The Morgan fingerprint density at radius 3 is 2.33 bits per heavy atom. The van der Waals surface area contributed by atoms with Crippen molar-refractivity contribution in [2.45, 2.75) is 17.5 Å². The summed E-state index contributed by atoms with van der Waals surface area (Å²) in [6, 6.07) is 21.2. The van der Waals surface area contributed by atoms with E-state index in [2.05, 4.69) is 70.7 Å². The summed E-state index contributed by atoms with van der Waals surface area (Å²) in [7, 11) is 0. The summed E-state index contributed by atoms with van der Waals surface area (Å²) in [4.78, 5) is 4.03. The predicted octanol–water partition coefficient (Wildman–Crippen LogP) is 3.95. The van der Waals surface area contributed by atoms with Crippen LogP contribution in [0.3, 0.4) is 0 Å². The van der Waals surface area contributed by atoms with Crippen molar-refractivity contribution in [1.29, 1.82) is 0 Å². The minimum atomic E-state index is 0.369. The zero-order valence-corrected chi connectivity index (χ0v) is 12.5. The smallest absolute Gasteiger partial charge is 0.137 e. The Balaban J connectivity index is 1.73. The Hall–Kier alpha value is -2.07. The van der Waals surface area contributed by atoms with Crippen molar-refractivity contribution in [2.24, 2.45) is 0 Å². The lowest BCUT2D eigenvalue weighted by Crippen LogP contribution is -2.07. The molecule has 1 aromatic heterocycles. The Bertz CT molecular complexity index is 638. The number of rotatable bonds is 6. The quantitative estimate of drug-likeness (QED) is 0.690. The Morgan fingerprint density at radius 2 is 1.67 bits per heavy atom. The van der Waals surface area contributed by atoms with Gasteiger partial charge in [0.25, 0.3) is 0 Å². The molecule has 0 saturated carbocycles. The van der Waals surface area contributed by atoms with Gasteiger partial charge in [0, 0.05) is 11.0 Å². The van der Waals surface area contributed by atoms with Gasteiger partial charge in [-0.1, -0.05) is 60.7 Å². The molecule has 1 heterocycles. The number of aromatic nitrogens is 3. The molecule has 0 spiro atoms. The van der Waals surface area contributed by atoms with Crippen molar-refractivity contribution in [3.05, 3.63) is 84.4 Å². The van der Waals surface area contributed by atoms with Gasteiger partial charge in [-0.15, -0.1) is 11.8 Å². The molecule has 0 aliphatic heterocycles. The van der Waals surface area contributed by atoms with Crippen molar-refractivity contribution in [2.75, 3.05) is 0 Å². The van der Waals surface area contributed by atoms with Gasteiger partial charge < -0.3 is 0 Å². The highest BCUT2D eigenvalue weighted by atomic mass is 32.2. The zero-order chi connectivity index (χ0) is 14.3. The fraction of sp³-hybridized carbons (Fsp3) is 0.176. The average Bonchev–Trinajstić information content (AvgIpc) is 3.06. The number of benzene rings is 2. The second-order valence-corrected chi connectivity index (χ2v) is 6.00. The van der Waals surface area contributed by atoms with E-state index in [1.807, 2.05) is 16.4 Å². The molecule has 3 aromatic rings. The van der Waals surface area contributed by atoms with E-state index in [0.717, 1.165) is 12.3 Å². The van der Waals surface area contributed by atoms with Crippen molar-refractivity contribution in [3.8, 4) is 0 Å². The van der Waals surface area contributed by atoms with Gasteiger partial charge in [0.05, 0.1) is 6.54 Å². The molecule has 21 heavy (non-hydrogen) atoms. The number of nitrogens with zero attached hydrogens (tertiary/aromatic N) is 3. The van der Waals surface area contributed by atoms with Crippen LogP contribution in [-0.2, 0) is 12.3 Å². The van der Waals surface area contributed by atoms with Crippen LogP contribution in [0.15, 0.2) is 73.3 Å². The molecule has 0 aliphatic carbocycles. The van der Waals surface area contributed by atoms with Gasteiger partial charge in [-0.05, 0) is 11.1 Å². The number of hydrogen-bond donors (Lipinski definition) is 0. The van der Waals surface area contributed by atoms with Crippen LogP contribution < -0.4 is 0 Å². The summed E-state index contributed by atoms with van der Waals surface area (Å²) in [5.41, 5.74) is 2.68. The first-order valence-corrected chi connectivity index (χ1v) is 7.99. The predicted molar refractivity (Wildman–Crippen MR) is 86.9 cm³/mol. The lowest BCUT2D eigenvalue weighted by atomic mass is 10.1. The van der Waals surface area contributed by atoms with E-state index in [-0.39, 0.29) is 0 Å². The maximum atomic E-state index is 4.23. The van der Waals surface area contributed by atoms with E-state index in [1.54, 1.807) is 12.7 Å². The maximum absolute atomic E-state index is 4.23. The molecule has 0 radical (unpaired) electrons. The van der Waals surface area contributed by atoms with Crippen LogP contribution in [0, 0.1) is 0 Å². The van der Waals surface area contributed by atoms with Gasteiger partial charge in [0.15, 0.2) is 0 Å². The highest BCUT2D eigenvalue weighted by Crippen LogP contribution is 2.32. The van der Waals surface area contributed by atoms with Gasteiger partial charge in [0.2, 0.25) is 0 Å². The molecule has 4 heteroatoms. The molecule has 0 saturated heterocycles. The molecule has 0 fully saturated rings. The Labute approximate surface area is 129 Å². The molecule has 0 aliphatic rings. The molecule has 1 atom stereocenters. The standard InChI is InChI=1S/C17H17N3S/c1-3-7-15(8-4-1)12-21-17(11-20-14-18-13-19-20)16-9-5-2-6-10-16/h1-10,13-14,17H,11-12H2. The minimum absolute atomic E-state index is 0.369. The Kier molecular flexibility index (Phi) is 4.69. The first-order chi connectivity index (χ1) is 10.4. The van der Waals surface area contributed by atoms with Crippen LogP contribution in [0.2, 0.25) is 0 Å². The van der Waals surface area contributed by atoms with Gasteiger partial charge in [-0.2, -0.15) is 5.10 Å². The molecule has 0 amide bonds. The van der Waals surface area contributed by atoms with E-state index in [9.17, 15) is 0 Å². The molecule has 1 unspecified atom stereocenters. The highest BCUT2D eigenvalue weighted by Gasteiger charge is 2.13. The van der Waals surface area contributed by atoms with E-state index in [1.165, 1.54) is 11.1 Å². The summed E-state index contributed by atoms with van der Waals surface area (Å²) in [5.74, 6) is 0.995. The van der Waals surface area contributed by atoms with E-state index >= 15 is 0 Å². The van der Waals surface area contributed by atoms with E-state index in [4.69, 9.17) is 0 Å². The summed E-state index contributed by atoms with van der Waals surface area (Å²) < 4.78 is 1.90. The topological polar surface area (TPSA) is 30.7 Å². The first-order valence-electron chi connectivity index (χ1n) is 6.95. The summed E-state index contributed by atoms with van der Waals surface area (Å²) >= 11 is 1.94. The fourth-order valence-corrected chi connectivity index (χ4v) is 3.38. The van der Waals surface area contributed by atoms with Crippen LogP contribution in [0.4, 0.5) is 0 Å². The third-order valence-electron chi connectivity index (χ3n) is 3.28. The SMILES string of the molecule is c1ccc(CSC(Cn2cncn2)c2ccccc2)cc1. The van der Waals surface area contributed by atoms with E-state index < -0.39 is 0 Å². The third-order valence-corrected chi connectivity index (χ3v) is 4.61. The van der Waals surface area contributed by atoms with Crippen molar-refractivity contribution >= 4 is 11.8 Å². The van der Waals surface area contributed by atoms with Gasteiger partial charge >= 0.3 is 0 Å². The lowest BCUT2D eigenvalue weighted by molar-refractivity contribution is 0.604. The van der Waals surface area contributed by atoms with Gasteiger partial charge in [-0.3, -0.25) is 4.68 Å². The van der Waals surface area contributed by atoms with Crippen molar-refractivity contribution in [3.63, 3.8) is 0 Å². The molecule has 106 valence electrons. The second kappa shape index (κ2) is 7.09. The third kappa shape index (κ3) is 3.95. The molecular formula is C17H17N3S. The van der Waals surface area contributed by atoms with E-state index in [0.29, 0.717) is 5.25 Å². The Morgan fingerprint density at radius 1 is 0.952 bits per heavy atom. The molecule has 0 bridgehead atoms. The molecule has 0 N–H and O–H groups in total. The number of thioether (sulfide) groups is 1. The monoisotopic (exact) mass is 295 g/mol. The fourth-order valence-electron chi connectivity index (χ4n) is 2.19. The molecule has 2 aromatic carbocycles. The summed E-state index contributed by atoms with van der Waals surface area (Å²) in [6.07, 6.45) is 3.36. The largest absolute Gasteiger partial charge is 0.252 e. The van der Waals surface area contributed by atoms with Gasteiger partial charge in [0.1, 0.15) is 12.7 Å². The molecular weight excluding hydrogens is 278 g/mol. The average molecular weight is 295 g/mol. The zero-order valence-electron chi connectivity index (χ0n) is 11.7. The maximum Gasteiger partial charge on any atom is 0.137 e. The van der Waals surface area contributed by atoms with Crippen LogP contribution in [-0.4, -0.2) is 14.8 Å². The van der Waals surface area contributed by atoms with Crippen molar-refractivity contribution < 1.29 is 0 Å². The summed E-state index contributed by atoms with van der Waals surface area (Å²) in [6.45, 7) is 0.835. The second-order valence-electron chi connectivity index (χ2n) is 4.81. The first kappa shape index (κ1) is 13.9.